The Morgan fingerprint density at radius 1 is 1.14 bits per heavy atom. The maximum absolute atomic E-state index is 13.3. The Hall–Kier alpha value is -1.05. The Labute approximate surface area is 123 Å². The fourth-order valence-electron chi connectivity index (χ4n) is 3.46. The summed E-state index contributed by atoms with van der Waals surface area (Å²) < 4.78 is 52.7. The highest BCUT2D eigenvalue weighted by molar-refractivity contribution is 7.89. The highest BCUT2D eigenvalue weighted by Crippen LogP contribution is 2.37. The van der Waals surface area contributed by atoms with Crippen LogP contribution in [0.15, 0.2) is 23.1 Å². The minimum Gasteiger partial charge on any atom is -0.327 e. The Balaban J connectivity index is 1.87. The number of benzene rings is 1. The summed E-state index contributed by atoms with van der Waals surface area (Å²) in [5, 5.41) is 0. The van der Waals surface area contributed by atoms with Crippen LogP contribution in [0.25, 0.3) is 0 Å². The van der Waals surface area contributed by atoms with Gasteiger partial charge in [-0.25, -0.2) is 17.2 Å². The topological polar surface area (TPSA) is 63.4 Å². The minimum absolute atomic E-state index is 0.0221. The maximum atomic E-state index is 13.3. The third kappa shape index (κ3) is 2.58. The van der Waals surface area contributed by atoms with E-state index in [4.69, 9.17) is 5.73 Å². The van der Waals surface area contributed by atoms with Crippen LogP contribution in [0, 0.1) is 23.5 Å². The van der Waals surface area contributed by atoms with E-state index >= 15 is 0 Å². The molecule has 3 rings (SSSR count). The summed E-state index contributed by atoms with van der Waals surface area (Å²) in [6.45, 7) is 0.785. The van der Waals surface area contributed by atoms with E-state index in [0.29, 0.717) is 13.1 Å². The Bertz CT molecular complexity index is 650. The predicted octanol–water partition coefficient (Wildman–Crippen LogP) is 1.71. The standard InChI is InChI=1S/C14H18F2N2O2S/c15-12-5-4-10(6-13(12)16)21(19,20)18-7-9-2-1-3-14(17)11(9)8-18/h4-6,9,11,14H,1-3,7-8,17H2. The Morgan fingerprint density at radius 2 is 1.90 bits per heavy atom. The van der Waals surface area contributed by atoms with Crippen molar-refractivity contribution >= 4 is 10.0 Å². The van der Waals surface area contributed by atoms with Gasteiger partial charge >= 0.3 is 0 Å². The number of hydrogen-bond donors (Lipinski definition) is 1. The average molecular weight is 316 g/mol. The Morgan fingerprint density at radius 3 is 2.57 bits per heavy atom. The van der Waals surface area contributed by atoms with Gasteiger partial charge in [-0.2, -0.15) is 4.31 Å². The monoisotopic (exact) mass is 316 g/mol. The van der Waals surface area contributed by atoms with Crippen LogP contribution >= 0.6 is 0 Å². The first-order valence-electron chi connectivity index (χ1n) is 7.10. The first-order chi connectivity index (χ1) is 9.89. The second kappa shape index (κ2) is 5.30. The van der Waals surface area contributed by atoms with Gasteiger partial charge in [0.05, 0.1) is 4.90 Å². The number of rotatable bonds is 2. The second-order valence-electron chi connectivity index (χ2n) is 5.92. The molecule has 1 heterocycles. The van der Waals surface area contributed by atoms with E-state index in [1.165, 1.54) is 4.31 Å². The van der Waals surface area contributed by atoms with Crippen LogP contribution in [-0.2, 0) is 10.0 Å². The van der Waals surface area contributed by atoms with Crippen LogP contribution in [0.1, 0.15) is 19.3 Å². The number of sulfonamides is 1. The van der Waals surface area contributed by atoms with Crippen molar-refractivity contribution in [2.24, 2.45) is 17.6 Å². The molecule has 4 nitrogen and oxygen atoms in total. The molecule has 2 fully saturated rings. The quantitative estimate of drug-likeness (QED) is 0.903. The Kier molecular flexibility index (Phi) is 3.75. The lowest BCUT2D eigenvalue weighted by Gasteiger charge is -2.29. The van der Waals surface area contributed by atoms with Gasteiger partial charge in [-0.3, -0.25) is 0 Å². The summed E-state index contributed by atoms with van der Waals surface area (Å²) in [4.78, 5) is -0.200. The van der Waals surface area contributed by atoms with Crippen molar-refractivity contribution in [2.45, 2.75) is 30.2 Å². The lowest BCUT2D eigenvalue weighted by Crippen LogP contribution is -2.38. The molecule has 1 aromatic rings. The summed E-state index contributed by atoms with van der Waals surface area (Å²) in [7, 11) is -3.79. The highest BCUT2D eigenvalue weighted by Gasteiger charge is 2.43. The fraction of sp³-hybridized carbons (Fsp3) is 0.571. The SMILES string of the molecule is NC1CCCC2CN(S(=O)(=O)c3ccc(F)c(F)c3)CC12. The molecule has 0 amide bonds. The van der Waals surface area contributed by atoms with Crippen molar-refractivity contribution in [3.8, 4) is 0 Å². The van der Waals surface area contributed by atoms with Crippen molar-refractivity contribution in [1.82, 2.24) is 4.31 Å². The van der Waals surface area contributed by atoms with E-state index < -0.39 is 21.7 Å². The minimum atomic E-state index is -3.79. The van der Waals surface area contributed by atoms with Crippen molar-refractivity contribution in [3.63, 3.8) is 0 Å². The molecule has 3 atom stereocenters. The smallest absolute Gasteiger partial charge is 0.243 e. The van der Waals surface area contributed by atoms with Crippen molar-refractivity contribution in [1.29, 1.82) is 0 Å². The van der Waals surface area contributed by atoms with Crippen LogP contribution in [0.3, 0.4) is 0 Å². The van der Waals surface area contributed by atoms with Crippen LogP contribution in [0.4, 0.5) is 8.78 Å². The molecule has 0 radical (unpaired) electrons. The molecule has 1 saturated carbocycles. The second-order valence-corrected chi connectivity index (χ2v) is 7.85. The molecular weight excluding hydrogens is 298 g/mol. The van der Waals surface area contributed by atoms with Gasteiger partial charge in [0.15, 0.2) is 11.6 Å². The van der Waals surface area contributed by atoms with Gasteiger partial charge in [0.1, 0.15) is 0 Å². The normalized spacial score (nSPS) is 30.3. The van der Waals surface area contributed by atoms with Gasteiger partial charge in [0, 0.05) is 19.1 Å². The van der Waals surface area contributed by atoms with Crippen molar-refractivity contribution in [3.05, 3.63) is 29.8 Å². The van der Waals surface area contributed by atoms with Crippen LogP contribution in [0.5, 0.6) is 0 Å². The van der Waals surface area contributed by atoms with Gasteiger partial charge in [-0.05, 0) is 42.9 Å². The maximum Gasteiger partial charge on any atom is 0.243 e. The van der Waals surface area contributed by atoms with Gasteiger partial charge in [-0.1, -0.05) is 6.42 Å². The zero-order valence-corrected chi connectivity index (χ0v) is 12.3. The molecule has 2 aliphatic rings. The molecule has 2 N–H and O–H groups in total. The molecular formula is C14H18F2N2O2S. The number of nitrogens with two attached hydrogens (primary N) is 1. The van der Waals surface area contributed by atoms with E-state index in [-0.39, 0.29) is 22.8 Å². The number of nitrogens with zero attached hydrogens (tertiary/aromatic N) is 1. The molecule has 1 aliphatic carbocycles. The lowest BCUT2D eigenvalue weighted by atomic mass is 9.78. The zero-order valence-electron chi connectivity index (χ0n) is 11.5. The number of hydrogen-bond acceptors (Lipinski definition) is 3. The summed E-state index contributed by atoms with van der Waals surface area (Å²) in [5.41, 5.74) is 6.08. The zero-order chi connectivity index (χ0) is 15.2. The fourth-order valence-corrected chi connectivity index (χ4v) is 5.01. The molecule has 0 aromatic heterocycles. The van der Waals surface area contributed by atoms with E-state index in [2.05, 4.69) is 0 Å². The lowest BCUT2D eigenvalue weighted by molar-refractivity contribution is 0.260. The molecule has 3 unspecified atom stereocenters. The first kappa shape index (κ1) is 14.9. The molecule has 0 spiro atoms. The summed E-state index contributed by atoms with van der Waals surface area (Å²) in [6.07, 6.45) is 2.91. The molecule has 0 bridgehead atoms. The van der Waals surface area contributed by atoms with Gasteiger partial charge < -0.3 is 5.73 Å². The van der Waals surface area contributed by atoms with E-state index in [0.717, 1.165) is 37.5 Å². The predicted molar refractivity (Wildman–Crippen MR) is 73.9 cm³/mol. The highest BCUT2D eigenvalue weighted by atomic mass is 32.2. The molecule has 1 saturated heterocycles. The summed E-state index contributed by atoms with van der Waals surface area (Å²) in [5.74, 6) is -1.76. The molecule has 1 aromatic carbocycles. The van der Waals surface area contributed by atoms with E-state index in [1.807, 2.05) is 0 Å². The average Bonchev–Trinajstić information content (AvgIpc) is 2.88. The molecule has 7 heteroatoms. The van der Waals surface area contributed by atoms with E-state index in [9.17, 15) is 17.2 Å². The third-order valence-corrected chi connectivity index (χ3v) is 6.48. The van der Waals surface area contributed by atoms with Crippen molar-refractivity contribution in [2.75, 3.05) is 13.1 Å². The number of halogens is 2. The van der Waals surface area contributed by atoms with Gasteiger partial charge in [0.25, 0.3) is 0 Å². The first-order valence-corrected chi connectivity index (χ1v) is 8.54. The van der Waals surface area contributed by atoms with Gasteiger partial charge in [0.2, 0.25) is 10.0 Å². The number of fused-ring (bicyclic) bond motifs is 1. The van der Waals surface area contributed by atoms with Crippen molar-refractivity contribution < 1.29 is 17.2 Å². The summed E-state index contributed by atoms with van der Waals surface area (Å²) in [6, 6.07) is 2.72. The molecule has 116 valence electrons. The van der Waals surface area contributed by atoms with E-state index in [1.54, 1.807) is 0 Å². The largest absolute Gasteiger partial charge is 0.327 e. The van der Waals surface area contributed by atoms with Crippen LogP contribution in [0.2, 0.25) is 0 Å². The summed E-state index contributed by atoms with van der Waals surface area (Å²) >= 11 is 0. The molecule has 21 heavy (non-hydrogen) atoms. The van der Waals surface area contributed by atoms with Gasteiger partial charge in [-0.15, -0.1) is 0 Å². The van der Waals surface area contributed by atoms with Crippen LogP contribution < -0.4 is 5.73 Å². The van der Waals surface area contributed by atoms with Crippen LogP contribution in [-0.4, -0.2) is 31.9 Å². The third-order valence-electron chi connectivity index (χ3n) is 4.65. The molecule has 1 aliphatic heterocycles.